The molecule has 0 aromatic heterocycles. The smallest absolute Gasteiger partial charge is 0.283 e. The second-order valence-corrected chi connectivity index (χ2v) is 8.59. The Balaban J connectivity index is 1.61. The molecule has 0 unspecified atom stereocenters. The van der Waals surface area contributed by atoms with E-state index in [1.165, 1.54) is 30.1 Å². The van der Waals surface area contributed by atoms with Crippen LogP contribution in [0.2, 0.25) is 15.1 Å². The number of nitrogens with one attached hydrogen (secondary N) is 1. The number of amides is 1. The van der Waals surface area contributed by atoms with Gasteiger partial charge in [0.1, 0.15) is 5.75 Å². The third-order valence-electron chi connectivity index (χ3n) is 3.88. The summed E-state index contributed by atoms with van der Waals surface area (Å²) in [5, 5.41) is 16.6. The van der Waals surface area contributed by atoms with Crippen LogP contribution >= 0.6 is 46.6 Å². The maximum atomic E-state index is 11.9. The number of carbonyl (C=O) groups excluding carboxylic acids is 1. The normalized spacial score (nSPS) is 10.8. The van der Waals surface area contributed by atoms with Crippen molar-refractivity contribution in [1.29, 1.82) is 0 Å². The molecule has 32 heavy (non-hydrogen) atoms. The van der Waals surface area contributed by atoms with Gasteiger partial charge in [-0.15, -0.1) is 0 Å². The Morgan fingerprint density at radius 3 is 2.47 bits per heavy atom. The molecular formula is C21H14Cl3N3O4S. The lowest BCUT2D eigenvalue weighted by Gasteiger charge is -2.07. The highest BCUT2D eigenvalue weighted by Crippen LogP contribution is 2.35. The van der Waals surface area contributed by atoms with Crippen LogP contribution in [0.1, 0.15) is 5.56 Å². The van der Waals surface area contributed by atoms with Gasteiger partial charge in [-0.3, -0.25) is 14.9 Å². The van der Waals surface area contributed by atoms with Crippen LogP contribution in [0.25, 0.3) is 0 Å². The van der Waals surface area contributed by atoms with Crippen LogP contribution in [0.15, 0.2) is 75.6 Å². The van der Waals surface area contributed by atoms with E-state index >= 15 is 0 Å². The van der Waals surface area contributed by atoms with Crippen LogP contribution in [0.5, 0.6) is 5.75 Å². The van der Waals surface area contributed by atoms with Gasteiger partial charge >= 0.3 is 0 Å². The number of halogens is 3. The van der Waals surface area contributed by atoms with Gasteiger partial charge in [0.15, 0.2) is 6.61 Å². The second-order valence-electron chi connectivity index (χ2n) is 6.20. The minimum absolute atomic E-state index is 0.0825. The molecule has 0 atom stereocenters. The van der Waals surface area contributed by atoms with Crippen molar-refractivity contribution >= 4 is 64.4 Å². The topological polar surface area (TPSA) is 93.8 Å². The molecule has 11 heteroatoms. The molecule has 0 aliphatic carbocycles. The Morgan fingerprint density at radius 2 is 1.78 bits per heavy atom. The fraction of sp³-hybridized carbons (Fsp3) is 0.0476. The van der Waals surface area contributed by atoms with Crippen molar-refractivity contribution in [2.75, 3.05) is 6.61 Å². The van der Waals surface area contributed by atoms with Crippen molar-refractivity contribution in [3.05, 3.63) is 91.4 Å². The summed E-state index contributed by atoms with van der Waals surface area (Å²) in [5.74, 6) is -0.226. The third kappa shape index (κ3) is 6.86. The summed E-state index contributed by atoms with van der Waals surface area (Å²) in [6.07, 6.45) is 1.30. The molecule has 3 aromatic carbocycles. The number of benzene rings is 3. The quantitative estimate of drug-likeness (QED) is 0.220. The van der Waals surface area contributed by atoms with E-state index in [9.17, 15) is 14.9 Å². The molecule has 7 nitrogen and oxygen atoms in total. The van der Waals surface area contributed by atoms with E-state index in [-0.39, 0.29) is 17.3 Å². The van der Waals surface area contributed by atoms with E-state index in [1.54, 1.807) is 48.5 Å². The number of hydrogen-bond acceptors (Lipinski definition) is 6. The molecule has 0 spiro atoms. The molecule has 164 valence electrons. The molecule has 0 aliphatic heterocycles. The number of ether oxygens (including phenoxy) is 1. The first-order valence-electron chi connectivity index (χ1n) is 8.93. The van der Waals surface area contributed by atoms with Crippen LogP contribution in [0.3, 0.4) is 0 Å². The van der Waals surface area contributed by atoms with Crippen molar-refractivity contribution in [3.8, 4) is 5.75 Å². The summed E-state index contributed by atoms with van der Waals surface area (Å²) >= 11 is 18.9. The number of nitro groups is 1. The maximum Gasteiger partial charge on any atom is 0.283 e. The van der Waals surface area contributed by atoms with Crippen LogP contribution in [-0.4, -0.2) is 23.7 Å². The molecule has 0 radical (unpaired) electrons. The Morgan fingerprint density at radius 1 is 1.06 bits per heavy atom. The zero-order valence-electron chi connectivity index (χ0n) is 16.1. The summed E-state index contributed by atoms with van der Waals surface area (Å²) in [5.41, 5.74) is 2.65. The fourth-order valence-electron chi connectivity index (χ4n) is 2.42. The van der Waals surface area contributed by atoms with Gasteiger partial charge in [-0.05, 0) is 48.5 Å². The summed E-state index contributed by atoms with van der Waals surface area (Å²) in [7, 11) is 0. The van der Waals surface area contributed by atoms with Crippen LogP contribution in [0, 0.1) is 10.1 Å². The zero-order valence-corrected chi connectivity index (χ0v) is 19.2. The lowest BCUT2D eigenvalue weighted by atomic mass is 10.2. The molecule has 3 rings (SSSR count). The minimum atomic E-state index is -0.531. The molecule has 0 heterocycles. The van der Waals surface area contributed by atoms with Gasteiger partial charge in [0, 0.05) is 26.6 Å². The van der Waals surface area contributed by atoms with Gasteiger partial charge in [-0.25, -0.2) is 5.43 Å². The van der Waals surface area contributed by atoms with Crippen molar-refractivity contribution in [3.63, 3.8) is 0 Å². The highest BCUT2D eigenvalue weighted by molar-refractivity contribution is 7.99. The monoisotopic (exact) mass is 509 g/mol. The lowest BCUT2D eigenvalue weighted by Crippen LogP contribution is -2.24. The van der Waals surface area contributed by atoms with Gasteiger partial charge in [0.2, 0.25) is 0 Å². The Labute approximate surface area is 202 Å². The van der Waals surface area contributed by atoms with Crippen molar-refractivity contribution < 1.29 is 14.5 Å². The number of hydrogen-bond donors (Lipinski definition) is 1. The first-order valence-corrected chi connectivity index (χ1v) is 10.9. The van der Waals surface area contributed by atoms with Gasteiger partial charge in [-0.2, -0.15) is 5.10 Å². The first-order chi connectivity index (χ1) is 15.3. The maximum absolute atomic E-state index is 11.9. The van der Waals surface area contributed by atoms with Gasteiger partial charge in [-0.1, -0.05) is 52.6 Å². The van der Waals surface area contributed by atoms with E-state index in [2.05, 4.69) is 10.5 Å². The van der Waals surface area contributed by atoms with E-state index in [0.29, 0.717) is 26.3 Å². The van der Waals surface area contributed by atoms with Crippen LogP contribution in [0.4, 0.5) is 5.69 Å². The minimum Gasteiger partial charge on any atom is -0.482 e. The number of nitro benzene ring substituents is 1. The number of nitrogens with zero attached hydrogens (tertiary/aromatic N) is 2. The lowest BCUT2D eigenvalue weighted by molar-refractivity contribution is -0.387. The average Bonchev–Trinajstić information content (AvgIpc) is 2.75. The first kappa shape index (κ1) is 23.9. The van der Waals surface area contributed by atoms with E-state index in [4.69, 9.17) is 39.5 Å². The van der Waals surface area contributed by atoms with Crippen molar-refractivity contribution in [2.45, 2.75) is 9.79 Å². The predicted octanol–water partition coefficient (Wildman–Crippen LogP) is 6.24. The Kier molecular flexibility index (Phi) is 8.35. The Bertz CT molecular complexity index is 1170. The third-order valence-corrected chi connectivity index (χ3v) is 5.73. The zero-order chi connectivity index (χ0) is 23.1. The molecule has 3 aromatic rings. The van der Waals surface area contributed by atoms with Crippen LogP contribution in [-0.2, 0) is 4.79 Å². The van der Waals surface area contributed by atoms with Gasteiger partial charge in [0.25, 0.3) is 11.6 Å². The van der Waals surface area contributed by atoms with Gasteiger partial charge in [0.05, 0.1) is 21.1 Å². The summed E-state index contributed by atoms with van der Waals surface area (Å²) < 4.78 is 5.31. The van der Waals surface area contributed by atoms with E-state index in [1.807, 2.05) is 0 Å². The summed E-state index contributed by atoms with van der Waals surface area (Å²) in [6.45, 7) is -0.324. The highest BCUT2D eigenvalue weighted by atomic mass is 35.5. The molecule has 1 N–H and O–H groups in total. The van der Waals surface area contributed by atoms with Crippen molar-refractivity contribution in [2.24, 2.45) is 5.10 Å². The molecule has 0 aliphatic rings. The number of hydrazone groups is 1. The van der Waals surface area contributed by atoms with Crippen molar-refractivity contribution in [1.82, 2.24) is 5.43 Å². The predicted molar refractivity (Wildman–Crippen MR) is 126 cm³/mol. The largest absolute Gasteiger partial charge is 0.482 e. The fourth-order valence-corrected chi connectivity index (χ4v) is 3.91. The van der Waals surface area contributed by atoms with Crippen LogP contribution < -0.4 is 10.2 Å². The van der Waals surface area contributed by atoms with E-state index < -0.39 is 10.8 Å². The van der Waals surface area contributed by atoms with E-state index in [0.717, 1.165) is 4.90 Å². The molecule has 0 saturated heterocycles. The molecule has 0 bridgehead atoms. The molecule has 0 fully saturated rings. The average molecular weight is 511 g/mol. The summed E-state index contributed by atoms with van der Waals surface area (Å²) in [6, 6.07) is 16.3. The Hall–Kier alpha value is -2.78. The number of carbonyl (C=O) groups is 1. The second kappa shape index (κ2) is 11.2. The molecule has 0 saturated carbocycles. The molecular weight excluding hydrogens is 497 g/mol. The molecule has 1 amide bonds. The standard InChI is InChI=1S/C21H14Cl3N3O4S/c22-14-2-5-16(6-3-14)32-20-8-1-13(9-18(20)27(29)30)11-25-26-21(28)12-31-19-7-4-15(23)10-17(19)24/h1-11H,12H2,(H,26,28)/b25-11+. The number of rotatable bonds is 8. The van der Waals surface area contributed by atoms with Gasteiger partial charge < -0.3 is 4.74 Å². The SMILES string of the molecule is O=C(COc1ccc(Cl)cc1Cl)N/N=C/c1ccc(Sc2ccc(Cl)cc2)c([N+](=O)[O-])c1. The highest BCUT2D eigenvalue weighted by Gasteiger charge is 2.15. The summed E-state index contributed by atoms with van der Waals surface area (Å²) in [4.78, 5) is 24.2.